The van der Waals surface area contributed by atoms with Gasteiger partial charge in [0.25, 0.3) is 0 Å². The fourth-order valence-electron chi connectivity index (χ4n) is 1.94. The average molecular weight is 366 g/mol. The van der Waals surface area contributed by atoms with E-state index in [9.17, 15) is 17.6 Å². The number of hydrogen-bond acceptors (Lipinski definition) is 4. The van der Waals surface area contributed by atoms with E-state index in [-0.39, 0.29) is 17.3 Å². The maximum Gasteiger partial charge on any atom is 0.335 e. The second-order valence-corrected chi connectivity index (χ2v) is 6.73. The molecule has 0 spiro atoms. The Morgan fingerprint density at radius 2 is 2.30 bits per heavy atom. The van der Waals surface area contributed by atoms with Crippen LogP contribution in [0, 0.1) is 5.82 Å². The van der Waals surface area contributed by atoms with Crippen LogP contribution in [0.2, 0.25) is 5.02 Å². The summed E-state index contributed by atoms with van der Waals surface area (Å²) in [6.45, 7) is 1.37. The van der Waals surface area contributed by atoms with E-state index in [4.69, 9.17) is 21.8 Å². The molecule has 0 saturated carbocycles. The highest BCUT2D eigenvalue weighted by Crippen LogP contribution is 2.30. The molecular weight excluding hydrogens is 345 g/mol. The number of nitrogens with one attached hydrogen (secondary N) is 1. The quantitative estimate of drug-likeness (QED) is 0.813. The zero-order chi connectivity index (χ0) is 20.6. The zero-order valence-corrected chi connectivity index (χ0v) is 13.7. The van der Waals surface area contributed by atoms with Crippen LogP contribution in [-0.2, 0) is 19.6 Å². The number of carbonyl (C=O) groups excluding carboxylic acids is 1. The highest BCUT2D eigenvalue weighted by atomic mass is 35.5. The minimum Gasteiger partial charge on any atom is -0.463 e. The highest BCUT2D eigenvalue weighted by molar-refractivity contribution is 7.93. The summed E-state index contributed by atoms with van der Waals surface area (Å²) in [5.74, 6) is -1.83. The molecule has 0 saturated heterocycles. The summed E-state index contributed by atoms with van der Waals surface area (Å²) in [6, 6.07) is 2.89. The molecule has 5 nitrogen and oxygen atoms in total. The normalized spacial score (nSPS) is 25.2. The fraction of sp³-hybridized carbons (Fsp3) is 0.400. The van der Waals surface area contributed by atoms with E-state index in [1.54, 1.807) is 0 Å². The van der Waals surface area contributed by atoms with E-state index in [0.29, 0.717) is 0 Å². The molecule has 1 aromatic rings. The van der Waals surface area contributed by atoms with Crippen LogP contribution in [0.1, 0.15) is 31.6 Å². The number of esters is 1. The lowest BCUT2D eigenvalue weighted by Gasteiger charge is -2.24. The summed E-state index contributed by atoms with van der Waals surface area (Å²) >= 11 is 5.81. The summed E-state index contributed by atoms with van der Waals surface area (Å²) in [7, 11) is -4.61. The Kier molecular flexibility index (Phi) is 4.06. The summed E-state index contributed by atoms with van der Waals surface area (Å²) in [5.41, 5.74) is -0.852. The van der Waals surface area contributed by atoms with Crippen LogP contribution in [0.3, 0.4) is 0 Å². The standard InChI is InChI=1S/C15H17ClFNO4S/c1-2-22-15(19)11-5-3-4-6-14(11)23(20,21)18-13-8-7-10(17)9-12(13)16/h5,7-9,14,18H,2-4,6H2,1H3/i3D2,6D2. The number of ether oxygens (including phenoxy) is 1. The van der Waals surface area contributed by atoms with Gasteiger partial charge in [0.15, 0.2) is 0 Å². The third kappa shape index (κ3) is 4.23. The van der Waals surface area contributed by atoms with E-state index in [1.807, 2.05) is 0 Å². The predicted molar refractivity (Wildman–Crippen MR) is 86.3 cm³/mol. The Morgan fingerprint density at radius 1 is 1.57 bits per heavy atom. The molecule has 126 valence electrons. The van der Waals surface area contributed by atoms with Gasteiger partial charge in [-0.2, -0.15) is 0 Å². The van der Waals surface area contributed by atoms with Gasteiger partial charge in [0, 0.05) is 5.48 Å². The Balaban J connectivity index is 2.54. The van der Waals surface area contributed by atoms with Crippen LogP contribution in [-0.4, -0.2) is 26.2 Å². The van der Waals surface area contributed by atoms with Crippen molar-refractivity contribution >= 4 is 33.3 Å². The highest BCUT2D eigenvalue weighted by Gasteiger charge is 2.35. The largest absolute Gasteiger partial charge is 0.463 e. The average Bonchev–Trinajstić information content (AvgIpc) is 2.47. The first-order chi connectivity index (χ1) is 12.3. The molecule has 0 amide bonds. The molecule has 1 atom stereocenters. The lowest BCUT2D eigenvalue weighted by atomic mass is 9.99. The molecule has 2 rings (SSSR count). The molecule has 1 unspecified atom stereocenters. The van der Waals surface area contributed by atoms with Gasteiger partial charge in [0.05, 0.1) is 22.9 Å². The molecular formula is C15H17ClFNO4S. The lowest BCUT2D eigenvalue weighted by Crippen LogP contribution is -2.34. The SMILES string of the molecule is [2H]C1([2H])C=C(C(=O)OCC)C(S(=O)(=O)Nc2ccc(F)cc2Cl)C([2H])([2H])C1. The number of rotatable bonds is 5. The fourth-order valence-corrected chi connectivity index (χ4v) is 3.61. The number of carbonyl (C=O) groups is 1. The number of benzene rings is 1. The van der Waals surface area contributed by atoms with E-state index in [0.717, 1.165) is 24.3 Å². The zero-order valence-electron chi connectivity index (χ0n) is 16.1. The third-order valence-electron chi connectivity index (χ3n) is 2.93. The second-order valence-electron chi connectivity index (χ2n) is 4.56. The topological polar surface area (TPSA) is 72.5 Å². The number of halogens is 2. The van der Waals surface area contributed by atoms with Crippen molar-refractivity contribution in [2.24, 2.45) is 0 Å². The van der Waals surface area contributed by atoms with Gasteiger partial charge < -0.3 is 4.74 Å². The van der Waals surface area contributed by atoms with Gasteiger partial charge in [-0.15, -0.1) is 0 Å². The first kappa shape index (κ1) is 12.8. The summed E-state index contributed by atoms with van der Waals surface area (Å²) in [6.07, 6.45) is -4.89. The van der Waals surface area contributed by atoms with Gasteiger partial charge in [-0.3, -0.25) is 4.72 Å². The van der Waals surface area contributed by atoms with E-state index >= 15 is 0 Å². The number of hydrogen-bond donors (Lipinski definition) is 1. The van der Waals surface area contributed by atoms with E-state index < -0.39 is 51.8 Å². The van der Waals surface area contributed by atoms with Crippen molar-refractivity contribution in [2.75, 3.05) is 11.3 Å². The second kappa shape index (κ2) is 7.31. The van der Waals surface area contributed by atoms with Gasteiger partial charge in [-0.25, -0.2) is 17.6 Å². The lowest BCUT2D eigenvalue weighted by molar-refractivity contribution is -0.138. The van der Waals surface area contributed by atoms with Gasteiger partial charge >= 0.3 is 5.97 Å². The van der Waals surface area contributed by atoms with Crippen LogP contribution in [0.15, 0.2) is 29.8 Å². The molecule has 8 heteroatoms. The molecule has 0 radical (unpaired) electrons. The summed E-state index contributed by atoms with van der Waals surface area (Å²) in [4.78, 5) is 12.2. The van der Waals surface area contributed by atoms with E-state index in [2.05, 4.69) is 4.72 Å². The minimum absolute atomic E-state index is 0.105. The third-order valence-corrected chi connectivity index (χ3v) is 4.79. The van der Waals surface area contributed by atoms with Gasteiger partial charge in [0.2, 0.25) is 10.0 Å². The Labute approximate surface area is 145 Å². The van der Waals surface area contributed by atoms with Crippen LogP contribution in [0.25, 0.3) is 0 Å². The molecule has 0 fully saturated rings. The van der Waals surface area contributed by atoms with Crippen molar-refractivity contribution in [1.29, 1.82) is 0 Å². The van der Waals surface area contributed by atoms with Crippen LogP contribution >= 0.6 is 11.6 Å². The number of sulfonamides is 1. The Morgan fingerprint density at radius 3 is 2.96 bits per heavy atom. The molecule has 1 aliphatic carbocycles. The van der Waals surface area contributed by atoms with Gasteiger partial charge in [-0.05, 0) is 44.3 Å². The first-order valence-electron chi connectivity index (χ1n) is 8.65. The Bertz CT molecular complexity index is 892. The molecule has 1 N–H and O–H groups in total. The summed E-state index contributed by atoms with van der Waals surface area (Å²) < 4.78 is 77.4. The molecule has 0 heterocycles. The van der Waals surface area contributed by atoms with Crippen LogP contribution < -0.4 is 4.72 Å². The van der Waals surface area contributed by atoms with Crippen molar-refractivity contribution in [3.63, 3.8) is 0 Å². The molecule has 0 bridgehead atoms. The molecule has 23 heavy (non-hydrogen) atoms. The van der Waals surface area contributed by atoms with Crippen molar-refractivity contribution in [2.45, 2.75) is 31.3 Å². The number of anilines is 1. The summed E-state index contributed by atoms with van der Waals surface area (Å²) in [5, 5.41) is -2.30. The maximum atomic E-state index is 13.2. The van der Waals surface area contributed by atoms with Gasteiger partial charge in [0.1, 0.15) is 11.1 Å². The van der Waals surface area contributed by atoms with E-state index in [1.165, 1.54) is 6.92 Å². The minimum atomic E-state index is -4.61. The number of allylic oxidation sites excluding steroid dienone is 1. The van der Waals surface area contributed by atoms with Gasteiger partial charge in [-0.1, -0.05) is 17.7 Å². The van der Waals surface area contributed by atoms with Crippen LogP contribution in [0.4, 0.5) is 10.1 Å². The van der Waals surface area contributed by atoms with Crippen molar-refractivity contribution < 1.29 is 27.8 Å². The molecule has 1 aromatic carbocycles. The van der Waals surface area contributed by atoms with Crippen molar-refractivity contribution in [1.82, 2.24) is 0 Å². The van der Waals surface area contributed by atoms with Crippen molar-refractivity contribution in [3.8, 4) is 0 Å². The van der Waals surface area contributed by atoms with Crippen molar-refractivity contribution in [3.05, 3.63) is 40.7 Å². The Hall–Kier alpha value is -1.60. The maximum absolute atomic E-state index is 13.2. The first-order valence-corrected chi connectivity index (χ1v) is 8.58. The molecule has 1 aliphatic rings. The molecule has 0 aromatic heterocycles. The van der Waals surface area contributed by atoms with Crippen LogP contribution in [0.5, 0.6) is 0 Å². The predicted octanol–water partition coefficient (Wildman–Crippen LogP) is 3.26. The molecule has 0 aliphatic heterocycles. The monoisotopic (exact) mass is 365 g/mol. The smallest absolute Gasteiger partial charge is 0.335 e.